The highest BCUT2D eigenvalue weighted by atomic mass is 16.4. The summed E-state index contributed by atoms with van der Waals surface area (Å²) in [6, 6.07) is 7.50. The molecule has 0 amide bonds. The van der Waals surface area contributed by atoms with Crippen molar-refractivity contribution in [2.24, 2.45) is 5.92 Å². The molecule has 4 unspecified atom stereocenters. The maximum Gasteiger partial charge on any atom is 0.323 e. The molecule has 0 heterocycles. The lowest BCUT2D eigenvalue weighted by Gasteiger charge is -2.31. The fourth-order valence-corrected chi connectivity index (χ4v) is 2.13. The third-order valence-electron chi connectivity index (χ3n) is 3.32. The van der Waals surface area contributed by atoms with Crippen LogP contribution >= 0.6 is 0 Å². The number of aliphatic hydroxyl groups is 2. The fourth-order valence-electron chi connectivity index (χ4n) is 2.13. The Balaban J connectivity index is 2.92. The van der Waals surface area contributed by atoms with Gasteiger partial charge in [-0.2, -0.15) is 0 Å². The van der Waals surface area contributed by atoms with Crippen molar-refractivity contribution in [2.45, 2.75) is 45.1 Å². The Morgan fingerprint density at radius 3 is 2.05 bits per heavy atom. The lowest BCUT2D eigenvalue weighted by molar-refractivity contribution is -0.143. The van der Waals surface area contributed by atoms with E-state index in [0.717, 1.165) is 0 Å². The standard InChI is InChI=1S/C15H23NO4/c1-9(2)12(16-13(10(3)17)15(19)20)14(18)11-7-5-4-6-8-11/h4-10,12-14,16-18H,1-3H3,(H,19,20). The first-order chi connectivity index (χ1) is 9.34. The molecule has 0 fully saturated rings. The molecule has 1 rings (SSSR count). The smallest absolute Gasteiger partial charge is 0.323 e. The highest BCUT2D eigenvalue weighted by Crippen LogP contribution is 2.22. The summed E-state index contributed by atoms with van der Waals surface area (Å²) in [4.78, 5) is 11.2. The van der Waals surface area contributed by atoms with E-state index < -0.39 is 30.3 Å². The third-order valence-corrected chi connectivity index (χ3v) is 3.32. The van der Waals surface area contributed by atoms with Gasteiger partial charge in [0.15, 0.2) is 0 Å². The quantitative estimate of drug-likeness (QED) is 0.602. The van der Waals surface area contributed by atoms with E-state index in [1.807, 2.05) is 32.0 Å². The topological polar surface area (TPSA) is 89.8 Å². The monoisotopic (exact) mass is 281 g/mol. The van der Waals surface area contributed by atoms with Crippen molar-refractivity contribution in [2.75, 3.05) is 0 Å². The van der Waals surface area contributed by atoms with E-state index in [9.17, 15) is 15.0 Å². The molecule has 0 aliphatic heterocycles. The van der Waals surface area contributed by atoms with E-state index in [2.05, 4.69) is 5.32 Å². The van der Waals surface area contributed by atoms with Gasteiger partial charge in [-0.15, -0.1) is 0 Å². The predicted molar refractivity (Wildman–Crippen MR) is 76.3 cm³/mol. The summed E-state index contributed by atoms with van der Waals surface area (Å²) >= 11 is 0. The maximum atomic E-state index is 11.2. The zero-order valence-corrected chi connectivity index (χ0v) is 12.0. The van der Waals surface area contributed by atoms with Crippen LogP contribution in [0, 0.1) is 5.92 Å². The molecule has 0 aliphatic rings. The van der Waals surface area contributed by atoms with Gasteiger partial charge < -0.3 is 15.3 Å². The molecule has 5 heteroatoms. The van der Waals surface area contributed by atoms with Crippen LogP contribution in [0.25, 0.3) is 0 Å². The number of carboxylic acid groups (broad SMARTS) is 1. The first-order valence-electron chi connectivity index (χ1n) is 6.74. The van der Waals surface area contributed by atoms with Crippen molar-refractivity contribution in [3.05, 3.63) is 35.9 Å². The van der Waals surface area contributed by atoms with Crippen LogP contribution in [0.5, 0.6) is 0 Å². The van der Waals surface area contributed by atoms with Crippen LogP contribution in [0.15, 0.2) is 30.3 Å². The first-order valence-corrected chi connectivity index (χ1v) is 6.74. The molecule has 20 heavy (non-hydrogen) atoms. The minimum absolute atomic E-state index is 0.00538. The minimum Gasteiger partial charge on any atom is -0.480 e. The molecule has 1 aromatic rings. The molecular weight excluding hydrogens is 258 g/mol. The molecular formula is C15H23NO4. The van der Waals surface area contributed by atoms with Crippen LogP contribution in [0.3, 0.4) is 0 Å². The van der Waals surface area contributed by atoms with Crippen molar-refractivity contribution < 1.29 is 20.1 Å². The molecule has 0 aromatic heterocycles. The van der Waals surface area contributed by atoms with Crippen molar-refractivity contribution in [3.63, 3.8) is 0 Å². The summed E-state index contributed by atoms with van der Waals surface area (Å²) in [6.07, 6.45) is -1.88. The number of aliphatic carboxylic acids is 1. The van der Waals surface area contributed by atoms with Gasteiger partial charge in [-0.3, -0.25) is 10.1 Å². The van der Waals surface area contributed by atoms with E-state index in [0.29, 0.717) is 5.56 Å². The van der Waals surface area contributed by atoms with Gasteiger partial charge in [0.1, 0.15) is 6.04 Å². The predicted octanol–water partition coefficient (Wildman–Crippen LogP) is 1.17. The minimum atomic E-state index is -1.13. The molecule has 112 valence electrons. The van der Waals surface area contributed by atoms with Crippen LogP contribution in [0.1, 0.15) is 32.4 Å². The molecule has 5 nitrogen and oxygen atoms in total. The summed E-state index contributed by atoms with van der Waals surface area (Å²) in [6.45, 7) is 5.20. The van der Waals surface area contributed by atoms with Gasteiger partial charge in [0.2, 0.25) is 0 Å². The van der Waals surface area contributed by atoms with Crippen molar-refractivity contribution in [3.8, 4) is 0 Å². The Morgan fingerprint density at radius 1 is 1.10 bits per heavy atom. The van der Waals surface area contributed by atoms with Crippen LogP contribution in [-0.4, -0.2) is 39.5 Å². The second-order valence-corrected chi connectivity index (χ2v) is 5.35. The Morgan fingerprint density at radius 2 is 1.65 bits per heavy atom. The van der Waals surface area contributed by atoms with E-state index in [4.69, 9.17) is 5.11 Å². The zero-order chi connectivity index (χ0) is 15.3. The number of hydrogen-bond acceptors (Lipinski definition) is 4. The van der Waals surface area contributed by atoms with Crippen LogP contribution in [0.2, 0.25) is 0 Å². The normalized spacial score (nSPS) is 17.5. The van der Waals surface area contributed by atoms with E-state index in [1.165, 1.54) is 6.92 Å². The molecule has 1 aromatic carbocycles. The van der Waals surface area contributed by atoms with E-state index in [1.54, 1.807) is 12.1 Å². The second-order valence-electron chi connectivity index (χ2n) is 5.35. The Kier molecular flexibility index (Phi) is 6.13. The van der Waals surface area contributed by atoms with Gasteiger partial charge in [0.05, 0.1) is 12.2 Å². The second kappa shape index (κ2) is 7.38. The number of aliphatic hydroxyl groups excluding tert-OH is 2. The Labute approximate surface area is 119 Å². The molecule has 0 spiro atoms. The molecule has 4 N–H and O–H groups in total. The number of benzene rings is 1. The highest BCUT2D eigenvalue weighted by Gasteiger charge is 2.31. The number of rotatable bonds is 7. The molecule has 0 bridgehead atoms. The zero-order valence-electron chi connectivity index (χ0n) is 12.0. The van der Waals surface area contributed by atoms with Crippen molar-refractivity contribution in [1.29, 1.82) is 0 Å². The summed E-state index contributed by atoms with van der Waals surface area (Å²) in [7, 11) is 0. The van der Waals surface area contributed by atoms with Gasteiger partial charge in [-0.25, -0.2) is 0 Å². The number of carbonyl (C=O) groups is 1. The third kappa shape index (κ3) is 4.30. The largest absolute Gasteiger partial charge is 0.480 e. The van der Waals surface area contributed by atoms with Gasteiger partial charge in [0.25, 0.3) is 0 Å². The molecule has 0 aliphatic carbocycles. The molecule has 0 saturated heterocycles. The molecule has 0 radical (unpaired) electrons. The van der Waals surface area contributed by atoms with Crippen LogP contribution in [0.4, 0.5) is 0 Å². The van der Waals surface area contributed by atoms with Gasteiger partial charge in [-0.05, 0) is 18.4 Å². The molecule has 4 atom stereocenters. The van der Waals surface area contributed by atoms with Gasteiger partial charge >= 0.3 is 5.97 Å². The summed E-state index contributed by atoms with van der Waals surface area (Å²) < 4.78 is 0. The average molecular weight is 281 g/mol. The first kappa shape index (κ1) is 16.6. The van der Waals surface area contributed by atoms with E-state index >= 15 is 0 Å². The van der Waals surface area contributed by atoms with E-state index in [-0.39, 0.29) is 5.92 Å². The van der Waals surface area contributed by atoms with Crippen molar-refractivity contribution in [1.82, 2.24) is 5.32 Å². The summed E-state index contributed by atoms with van der Waals surface area (Å²) in [5, 5.41) is 31.9. The Hall–Kier alpha value is -1.43. The number of hydrogen-bond donors (Lipinski definition) is 4. The summed E-state index contributed by atoms with van der Waals surface area (Å²) in [5.74, 6) is -1.13. The van der Waals surface area contributed by atoms with Gasteiger partial charge in [0, 0.05) is 6.04 Å². The van der Waals surface area contributed by atoms with Gasteiger partial charge in [-0.1, -0.05) is 44.2 Å². The van der Waals surface area contributed by atoms with Crippen LogP contribution in [-0.2, 0) is 4.79 Å². The summed E-state index contributed by atoms with van der Waals surface area (Å²) in [5.41, 5.74) is 0.716. The lowest BCUT2D eigenvalue weighted by atomic mass is 9.92. The number of nitrogens with one attached hydrogen (secondary N) is 1. The van der Waals surface area contributed by atoms with Crippen LogP contribution < -0.4 is 5.32 Å². The number of carboxylic acids is 1. The Bertz CT molecular complexity index is 419. The highest BCUT2D eigenvalue weighted by molar-refractivity contribution is 5.74. The lowest BCUT2D eigenvalue weighted by Crippen LogP contribution is -2.53. The molecule has 0 saturated carbocycles. The fraction of sp³-hybridized carbons (Fsp3) is 0.533. The van der Waals surface area contributed by atoms with Crippen molar-refractivity contribution >= 4 is 5.97 Å². The average Bonchev–Trinajstić information content (AvgIpc) is 2.38. The maximum absolute atomic E-state index is 11.2. The SMILES string of the molecule is CC(C)C(NC(C(=O)O)C(C)O)C(O)c1ccccc1.